The Bertz CT molecular complexity index is 5150. The number of rotatable bonds is 3. The summed E-state index contributed by atoms with van der Waals surface area (Å²) in [5.41, 5.74) is 13.5. The molecule has 0 aliphatic heterocycles. The fraction of sp³-hybridized carbons (Fsp3) is 0. The molecule has 10 aromatic carbocycles. The van der Waals surface area contributed by atoms with Gasteiger partial charge in [0.1, 0.15) is 39.0 Å². The molecule has 0 saturated heterocycles. The first-order valence-electron chi connectivity index (χ1n) is 23.6. The fourth-order valence-corrected chi connectivity index (χ4v) is 11.8. The highest BCUT2D eigenvalue weighted by Crippen LogP contribution is 2.44. The Morgan fingerprint density at radius 2 is 0.629 bits per heavy atom. The van der Waals surface area contributed by atoms with Crippen molar-refractivity contribution in [3.63, 3.8) is 0 Å². The van der Waals surface area contributed by atoms with Crippen molar-refractivity contribution >= 4 is 142 Å². The molecule has 0 atom stereocenters. The number of hydrogen-bond acceptors (Lipinski definition) is 5. The van der Waals surface area contributed by atoms with Crippen LogP contribution >= 0.6 is 0 Å². The molecular weight excluding hydrogens is 863 g/mol. The maximum absolute atomic E-state index is 6.62. The van der Waals surface area contributed by atoms with Crippen molar-refractivity contribution < 1.29 is 13.3 Å². The first kappa shape index (κ1) is 36.5. The van der Waals surface area contributed by atoms with Gasteiger partial charge in [0.25, 0.3) is 0 Å². The summed E-state index contributed by atoms with van der Waals surface area (Å²) in [4.78, 5) is 11.8. The van der Waals surface area contributed by atoms with Crippen LogP contribution < -0.4 is 0 Å². The molecule has 7 heterocycles. The molecule has 8 heteroatoms. The van der Waals surface area contributed by atoms with Crippen LogP contribution in [0.25, 0.3) is 160 Å². The Hall–Kier alpha value is -9.66. The summed E-state index contributed by atoms with van der Waals surface area (Å²) in [6.45, 7) is 0. The maximum Gasteiger partial charge on any atom is 0.182 e. The number of para-hydroxylation sites is 7. The van der Waals surface area contributed by atoms with Crippen LogP contribution in [0.3, 0.4) is 0 Å². The van der Waals surface area contributed by atoms with E-state index in [0.717, 1.165) is 148 Å². The lowest BCUT2D eigenvalue weighted by atomic mass is 10.1. The second-order valence-electron chi connectivity index (χ2n) is 18.5. The Balaban J connectivity index is 1.04. The standard InChI is InChI=1S/C62H33N5O3/c1-7-21-47-34(14-1)40-28-43-37-17-4-10-25-54(37)68-57(43)31-51(40)65(47)50-24-13-20-46-60(50)64-62(67-49-23-9-3-16-36(49)42-30-45-39-19-6-12-27-56(39)70-59(45)33-53(42)67)61(63-46)66-48-22-8-2-15-35(48)41-29-44-38-18-5-11-26-55(38)69-58(44)32-52(41)66/h1-33H. The molecule has 0 bridgehead atoms. The predicted octanol–water partition coefficient (Wildman–Crippen LogP) is 16.6. The fourth-order valence-electron chi connectivity index (χ4n) is 11.8. The summed E-state index contributed by atoms with van der Waals surface area (Å²) in [6, 6.07) is 70.4. The number of furan rings is 3. The van der Waals surface area contributed by atoms with E-state index in [2.05, 4.69) is 177 Å². The molecule has 0 amide bonds. The normalized spacial score (nSPS) is 12.6. The number of benzene rings is 10. The zero-order valence-corrected chi connectivity index (χ0v) is 37.0. The molecule has 0 radical (unpaired) electrons. The van der Waals surface area contributed by atoms with Crippen molar-refractivity contribution in [1.82, 2.24) is 23.7 Å². The Morgan fingerprint density at radius 3 is 1.09 bits per heavy atom. The minimum Gasteiger partial charge on any atom is -0.456 e. The molecule has 0 aliphatic carbocycles. The van der Waals surface area contributed by atoms with Crippen LogP contribution in [0, 0.1) is 0 Å². The SMILES string of the molecule is c1cc(-n2c3ccccc3c3cc4c(cc32)oc2ccccc24)c2nc(-n3c4ccccc4c4cc5c(cc43)oc3ccccc35)c(-n3c4ccccc4c4cc5c(cc43)oc3ccccc35)nc2c1. The Morgan fingerprint density at radius 1 is 0.257 bits per heavy atom. The van der Waals surface area contributed by atoms with Gasteiger partial charge in [-0.15, -0.1) is 0 Å². The Labute approximate surface area is 395 Å². The lowest BCUT2D eigenvalue weighted by Gasteiger charge is -2.18. The van der Waals surface area contributed by atoms with Gasteiger partial charge in [0.2, 0.25) is 0 Å². The summed E-state index contributed by atoms with van der Waals surface area (Å²) < 4.78 is 26.7. The molecule has 0 spiro atoms. The molecule has 17 rings (SSSR count). The summed E-state index contributed by atoms with van der Waals surface area (Å²) >= 11 is 0. The summed E-state index contributed by atoms with van der Waals surface area (Å²) in [5.74, 6) is 1.36. The van der Waals surface area contributed by atoms with Crippen LogP contribution in [-0.2, 0) is 0 Å². The highest BCUT2D eigenvalue weighted by atomic mass is 16.3. The molecule has 7 aromatic heterocycles. The van der Waals surface area contributed by atoms with Gasteiger partial charge in [-0.1, -0.05) is 115 Å². The van der Waals surface area contributed by atoms with Crippen molar-refractivity contribution in [2.45, 2.75) is 0 Å². The first-order chi connectivity index (χ1) is 34.7. The molecule has 70 heavy (non-hydrogen) atoms. The Kier molecular flexibility index (Phi) is 6.80. The summed E-state index contributed by atoms with van der Waals surface area (Å²) in [6.07, 6.45) is 0. The average Bonchev–Trinajstić information content (AvgIpc) is 4.25. The summed E-state index contributed by atoms with van der Waals surface area (Å²) in [7, 11) is 0. The van der Waals surface area contributed by atoms with E-state index < -0.39 is 0 Å². The third-order valence-corrected chi connectivity index (χ3v) is 14.8. The van der Waals surface area contributed by atoms with Crippen LogP contribution in [0.5, 0.6) is 0 Å². The first-order valence-corrected chi connectivity index (χ1v) is 23.6. The van der Waals surface area contributed by atoms with Crippen LogP contribution in [0.2, 0.25) is 0 Å². The van der Waals surface area contributed by atoms with Crippen molar-refractivity contribution in [3.05, 3.63) is 200 Å². The van der Waals surface area contributed by atoms with Gasteiger partial charge in [-0.05, 0) is 66.7 Å². The van der Waals surface area contributed by atoms with E-state index in [1.807, 2.05) is 36.4 Å². The van der Waals surface area contributed by atoms with Crippen LogP contribution in [0.4, 0.5) is 0 Å². The quantitative estimate of drug-likeness (QED) is 0.176. The number of nitrogens with zero attached hydrogens (tertiary/aromatic N) is 5. The second kappa shape index (κ2) is 13.1. The third kappa shape index (κ3) is 4.69. The van der Waals surface area contributed by atoms with E-state index in [4.69, 9.17) is 23.2 Å². The lowest BCUT2D eigenvalue weighted by molar-refractivity contribution is 0.669. The van der Waals surface area contributed by atoms with E-state index in [9.17, 15) is 0 Å². The zero-order chi connectivity index (χ0) is 45.3. The minimum absolute atomic E-state index is 0.675. The van der Waals surface area contributed by atoms with Crippen LogP contribution in [0.1, 0.15) is 0 Å². The van der Waals surface area contributed by atoms with Gasteiger partial charge in [-0.25, -0.2) is 9.97 Å². The molecular formula is C62H33N5O3. The van der Waals surface area contributed by atoms with Gasteiger partial charge >= 0.3 is 0 Å². The van der Waals surface area contributed by atoms with Gasteiger partial charge in [-0.3, -0.25) is 9.13 Å². The largest absolute Gasteiger partial charge is 0.456 e. The monoisotopic (exact) mass is 895 g/mol. The molecule has 0 N–H and O–H groups in total. The minimum atomic E-state index is 0.675. The van der Waals surface area contributed by atoms with E-state index in [0.29, 0.717) is 11.6 Å². The lowest BCUT2D eigenvalue weighted by Crippen LogP contribution is -2.10. The van der Waals surface area contributed by atoms with E-state index in [1.165, 1.54) is 0 Å². The molecule has 0 aliphatic rings. The van der Waals surface area contributed by atoms with Crippen LogP contribution in [-0.4, -0.2) is 23.7 Å². The van der Waals surface area contributed by atoms with Crippen molar-refractivity contribution in [2.75, 3.05) is 0 Å². The van der Waals surface area contributed by atoms with E-state index >= 15 is 0 Å². The van der Waals surface area contributed by atoms with Gasteiger partial charge in [0.15, 0.2) is 11.6 Å². The zero-order valence-electron chi connectivity index (χ0n) is 37.0. The maximum atomic E-state index is 6.62. The van der Waals surface area contributed by atoms with Gasteiger partial charge in [0, 0.05) is 82.8 Å². The second-order valence-corrected chi connectivity index (χ2v) is 18.5. The molecule has 324 valence electrons. The molecule has 0 unspecified atom stereocenters. The molecule has 0 saturated carbocycles. The smallest absolute Gasteiger partial charge is 0.182 e. The van der Waals surface area contributed by atoms with Gasteiger partial charge in [-0.2, -0.15) is 0 Å². The van der Waals surface area contributed by atoms with Crippen LogP contribution in [0.15, 0.2) is 213 Å². The topological polar surface area (TPSA) is 80.0 Å². The van der Waals surface area contributed by atoms with Gasteiger partial charge < -0.3 is 17.8 Å². The highest BCUT2D eigenvalue weighted by molar-refractivity contribution is 6.21. The third-order valence-electron chi connectivity index (χ3n) is 14.8. The number of fused-ring (bicyclic) bond motifs is 19. The van der Waals surface area contributed by atoms with E-state index in [-0.39, 0.29) is 0 Å². The molecule has 17 aromatic rings. The van der Waals surface area contributed by atoms with Gasteiger partial charge in [0.05, 0.1) is 44.3 Å². The summed E-state index contributed by atoms with van der Waals surface area (Å²) in [5, 5.41) is 13.2. The highest BCUT2D eigenvalue weighted by Gasteiger charge is 2.26. The predicted molar refractivity (Wildman–Crippen MR) is 284 cm³/mol. The number of hydrogen-bond donors (Lipinski definition) is 0. The van der Waals surface area contributed by atoms with Crippen molar-refractivity contribution in [2.24, 2.45) is 0 Å². The van der Waals surface area contributed by atoms with E-state index in [1.54, 1.807) is 0 Å². The van der Waals surface area contributed by atoms with Crippen molar-refractivity contribution in [3.8, 4) is 17.3 Å². The van der Waals surface area contributed by atoms with Crippen molar-refractivity contribution in [1.29, 1.82) is 0 Å². The average molecular weight is 896 g/mol. The number of aromatic nitrogens is 5. The molecule has 0 fully saturated rings. The molecule has 8 nitrogen and oxygen atoms in total.